The summed E-state index contributed by atoms with van der Waals surface area (Å²) >= 11 is 0. The summed E-state index contributed by atoms with van der Waals surface area (Å²) in [5.41, 5.74) is 0.375. The first-order valence-corrected chi connectivity index (χ1v) is 6.90. The zero-order valence-electron chi connectivity index (χ0n) is 12.1. The largest absolute Gasteiger partial charge is 0.394 e. The van der Waals surface area contributed by atoms with E-state index in [0.29, 0.717) is 13.0 Å². The van der Waals surface area contributed by atoms with Gasteiger partial charge >= 0.3 is 6.03 Å². The maximum absolute atomic E-state index is 12.7. The number of hydrogen-bond acceptors (Lipinski definition) is 2. The quantitative estimate of drug-likeness (QED) is 0.718. The minimum Gasteiger partial charge on any atom is -0.394 e. The molecule has 1 rings (SSSR count). The molecule has 1 unspecified atom stereocenters. The molecule has 5 heteroatoms. The molecule has 0 spiro atoms. The Kier molecular flexibility index (Phi) is 6.45. The highest BCUT2D eigenvalue weighted by Crippen LogP contribution is 2.10. The van der Waals surface area contributed by atoms with Crippen molar-refractivity contribution in [2.75, 3.05) is 13.2 Å². The van der Waals surface area contributed by atoms with Crippen LogP contribution >= 0.6 is 0 Å². The summed E-state index contributed by atoms with van der Waals surface area (Å²) in [5, 5.41) is 14.8. The summed E-state index contributed by atoms with van der Waals surface area (Å²) in [6.45, 7) is 4.19. The molecule has 112 valence electrons. The van der Waals surface area contributed by atoms with Gasteiger partial charge in [0.1, 0.15) is 5.82 Å². The standard InChI is InChI=1S/C15H23FN2O2/c1-3-9-15(2,11-19)18-14(20)17-10-8-12-4-6-13(16)7-5-12/h4-7,19H,3,8-11H2,1-2H3,(H2,17,18,20). The van der Waals surface area contributed by atoms with E-state index in [-0.39, 0.29) is 18.5 Å². The summed E-state index contributed by atoms with van der Waals surface area (Å²) in [6.07, 6.45) is 2.24. The van der Waals surface area contributed by atoms with Gasteiger partial charge in [0.15, 0.2) is 0 Å². The first kappa shape index (κ1) is 16.4. The highest BCUT2D eigenvalue weighted by molar-refractivity contribution is 5.74. The molecule has 0 heterocycles. The number of aliphatic hydroxyl groups excluding tert-OH is 1. The van der Waals surface area contributed by atoms with Crippen molar-refractivity contribution in [3.63, 3.8) is 0 Å². The second-order valence-electron chi connectivity index (χ2n) is 5.23. The first-order chi connectivity index (χ1) is 9.49. The van der Waals surface area contributed by atoms with Crippen LogP contribution in [0.15, 0.2) is 24.3 Å². The lowest BCUT2D eigenvalue weighted by molar-refractivity contribution is 0.163. The van der Waals surface area contributed by atoms with E-state index in [2.05, 4.69) is 10.6 Å². The third-order valence-electron chi connectivity index (χ3n) is 3.18. The molecular weight excluding hydrogens is 259 g/mol. The van der Waals surface area contributed by atoms with Crippen LogP contribution in [0, 0.1) is 5.82 Å². The molecule has 0 radical (unpaired) electrons. The van der Waals surface area contributed by atoms with Crippen molar-refractivity contribution >= 4 is 6.03 Å². The summed E-state index contributed by atoms with van der Waals surface area (Å²) in [5.74, 6) is -0.266. The van der Waals surface area contributed by atoms with Crippen molar-refractivity contribution in [1.29, 1.82) is 0 Å². The highest BCUT2D eigenvalue weighted by Gasteiger charge is 2.24. The lowest BCUT2D eigenvalue weighted by atomic mass is 9.98. The smallest absolute Gasteiger partial charge is 0.315 e. The maximum atomic E-state index is 12.7. The molecule has 0 bridgehead atoms. The van der Waals surface area contributed by atoms with Gasteiger partial charge in [-0.1, -0.05) is 25.5 Å². The van der Waals surface area contributed by atoms with Gasteiger partial charge in [0.2, 0.25) is 0 Å². The Morgan fingerprint density at radius 1 is 1.35 bits per heavy atom. The number of rotatable bonds is 7. The Labute approximate surface area is 119 Å². The molecular formula is C15H23FN2O2. The van der Waals surface area contributed by atoms with Crippen molar-refractivity contribution < 1.29 is 14.3 Å². The van der Waals surface area contributed by atoms with Gasteiger partial charge in [0.05, 0.1) is 12.1 Å². The lowest BCUT2D eigenvalue weighted by Crippen LogP contribution is -2.52. The highest BCUT2D eigenvalue weighted by atomic mass is 19.1. The van der Waals surface area contributed by atoms with Gasteiger partial charge in [-0.2, -0.15) is 0 Å². The van der Waals surface area contributed by atoms with Crippen molar-refractivity contribution in [2.24, 2.45) is 0 Å². The van der Waals surface area contributed by atoms with E-state index >= 15 is 0 Å². The second kappa shape index (κ2) is 7.85. The number of amides is 2. The van der Waals surface area contributed by atoms with Gasteiger partial charge in [0.25, 0.3) is 0 Å². The maximum Gasteiger partial charge on any atom is 0.315 e. The van der Waals surface area contributed by atoms with Gasteiger partial charge in [0, 0.05) is 6.54 Å². The molecule has 0 aliphatic carbocycles. The minimum atomic E-state index is -0.589. The average Bonchev–Trinajstić information content (AvgIpc) is 2.41. The number of benzene rings is 1. The molecule has 1 atom stereocenters. The van der Waals surface area contributed by atoms with E-state index in [1.54, 1.807) is 12.1 Å². The van der Waals surface area contributed by atoms with Crippen LogP contribution in [0.4, 0.5) is 9.18 Å². The molecule has 2 amide bonds. The summed E-state index contributed by atoms with van der Waals surface area (Å²) in [6, 6.07) is 5.91. The molecule has 0 aliphatic rings. The number of urea groups is 1. The summed E-state index contributed by atoms with van der Waals surface area (Å²) in [4.78, 5) is 11.7. The topological polar surface area (TPSA) is 61.4 Å². The zero-order chi connectivity index (χ0) is 15.0. The SMILES string of the molecule is CCCC(C)(CO)NC(=O)NCCc1ccc(F)cc1. The molecule has 0 aliphatic heterocycles. The molecule has 1 aromatic rings. The number of carbonyl (C=O) groups excluding carboxylic acids is 1. The van der Waals surface area contributed by atoms with Crippen LogP contribution in [0.5, 0.6) is 0 Å². The molecule has 0 saturated carbocycles. The third kappa shape index (κ3) is 5.57. The minimum absolute atomic E-state index is 0.0910. The summed E-state index contributed by atoms with van der Waals surface area (Å²) in [7, 11) is 0. The van der Waals surface area contributed by atoms with Crippen molar-refractivity contribution in [2.45, 2.75) is 38.6 Å². The van der Waals surface area contributed by atoms with Gasteiger partial charge < -0.3 is 15.7 Å². The van der Waals surface area contributed by atoms with Gasteiger partial charge in [-0.25, -0.2) is 9.18 Å². The Bertz CT molecular complexity index is 422. The molecule has 20 heavy (non-hydrogen) atoms. The Morgan fingerprint density at radius 3 is 2.55 bits per heavy atom. The number of carbonyl (C=O) groups is 1. The van der Waals surface area contributed by atoms with E-state index in [0.717, 1.165) is 18.4 Å². The van der Waals surface area contributed by atoms with E-state index in [9.17, 15) is 14.3 Å². The van der Waals surface area contributed by atoms with Crippen molar-refractivity contribution in [1.82, 2.24) is 10.6 Å². The lowest BCUT2D eigenvalue weighted by Gasteiger charge is -2.28. The van der Waals surface area contributed by atoms with Crippen LogP contribution in [0.2, 0.25) is 0 Å². The van der Waals surface area contributed by atoms with Gasteiger partial charge in [-0.15, -0.1) is 0 Å². The van der Waals surface area contributed by atoms with E-state index in [1.165, 1.54) is 12.1 Å². The van der Waals surface area contributed by atoms with Gasteiger partial charge in [-0.3, -0.25) is 0 Å². The average molecular weight is 282 g/mol. The fourth-order valence-electron chi connectivity index (χ4n) is 2.02. The molecule has 3 N–H and O–H groups in total. The Hall–Kier alpha value is -1.62. The van der Waals surface area contributed by atoms with Crippen LogP contribution in [-0.4, -0.2) is 29.8 Å². The van der Waals surface area contributed by atoms with Gasteiger partial charge in [-0.05, 0) is 37.5 Å². The number of nitrogens with one attached hydrogen (secondary N) is 2. The van der Waals surface area contributed by atoms with Crippen molar-refractivity contribution in [3.05, 3.63) is 35.6 Å². The third-order valence-corrected chi connectivity index (χ3v) is 3.18. The number of hydrogen-bond donors (Lipinski definition) is 3. The van der Waals surface area contributed by atoms with Crippen LogP contribution in [0.25, 0.3) is 0 Å². The Balaban J connectivity index is 2.34. The first-order valence-electron chi connectivity index (χ1n) is 6.90. The number of halogens is 1. The van der Waals surface area contributed by atoms with Crippen molar-refractivity contribution in [3.8, 4) is 0 Å². The van der Waals surface area contributed by atoms with Crippen LogP contribution < -0.4 is 10.6 Å². The van der Waals surface area contributed by atoms with E-state index in [4.69, 9.17) is 0 Å². The molecule has 0 aromatic heterocycles. The number of aliphatic hydroxyl groups is 1. The van der Waals surface area contributed by atoms with E-state index in [1.807, 2.05) is 13.8 Å². The Morgan fingerprint density at radius 2 is 2.00 bits per heavy atom. The normalized spacial score (nSPS) is 13.6. The molecule has 1 aromatic carbocycles. The van der Waals surface area contributed by atoms with Crippen LogP contribution in [0.1, 0.15) is 32.3 Å². The zero-order valence-corrected chi connectivity index (χ0v) is 12.1. The second-order valence-corrected chi connectivity index (χ2v) is 5.23. The fraction of sp³-hybridized carbons (Fsp3) is 0.533. The van der Waals surface area contributed by atoms with Crippen LogP contribution in [-0.2, 0) is 6.42 Å². The molecule has 0 saturated heterocycles. The molecule has 0 fully saturated rings. The molecule has 4 nitrogen and oxygen atoms in total. The fourth-order valence-corrected chi connectivity index (χ4v) is 2.02. The predicted molar refractivity (Wildman–Crippen MR) is 77.0 cm³/mol. The monoisotopic (exact) mass is 282 g/mol. The summed E-state index contributed by atoms with van der Waals surface area (Å²) < 4.78 is 12.7. The van der Waals surface area contributed by atoms with Crippen LogP contribution in [0.3, 0.4) is 0 Å². The predicted octanol–water partition coefficient (Wildman–Crippen LogP) is 2.22. The van der Waals surface area contributed by atoms with E-state index < -0.39 is 5.54 Å².